The minimum Gasteiger partial charge on any atom is -0.508 e. The summed E-state index contributed by atoms with van der Waals surface area (Å²) in [6, 6.07) is 4.28. The van der Waals surface area contributed by atoms with Crippen LogP contribution in [-0.4, -0.2) is 33.2 Å². The van der Waals surface area contributed by atoms with Gasteiger partial charge in [0.25, 0.3) is 6.47 Å². The number of thioether (sulfide) groups is 1. The molecule has 0 amide bonds. The number of aliphatic imine (C=N–C) groups is 1. The van der Waals surface area contributed by atoms with E-state index in [1.165, 1.54) is 23.9 Å². The number of carbonyl (C=O) groups excluding carboxylic acids is 1. The molecule has 0 fully saturated rings. The molecule has 1 aliphatic rings. The van der Waals surface area contributed by atoms with Crippen molar-refractivity contribution in [1.29, 1.82) is 0 Å². The van der Waals surface area contributed by atoms with E-state index in [-0.39, 0.29) is 11.5 Å². The highest BCUT2D eigenvalue weighted by Crippen LogP contribution is 2.35. The van der Waals surface area contributed by atoms with E-state index in [0.717, 1.165) is 0 Å². The third kappa shape index (κ3) is 2.36. The molecule has 90 valence electrons. The fourth-order valence-corrected chi connectivity index (χ4v) is 2.61. The normalized spacial score (nSPS) is 23.2. The van der Waals surface area contributed by atoms with Crippen molar-refractivity contribution >= 4 is 23.3 Å². The van der Waals surface area contributed by atoms with Gasteiger partial charge in [-0.3, -0.25) is 4.79 Å². The van der Waals surface area contributed by atoms with E-state index < -0.39 is 5.72 Å². The van der Waals surface area contributed by atoms with Crippen LogP contribution in [0.15, 0.2) is 23.2 Å². The summed E-state index contributed by atoms with van der Waals surface area (Å²) in [5.74, 6) is 0.440. The van der Waals surface area contributed by atoms with Crippen LogP contribution in [0.3, 0.4) is 0 Å². The molecule has 2 rings (SSSR count). The molecule has 0 aliphatic carbocycles. The Kier molecular flexibility index (Phi) is 2.97. The third-order valence-corrected chi connectivity index (χ3v) is 3.59. The van der Waals surface area contributed by atoms with Crippen LogP contribution in [0, 0.1) is 0 Å². The van der Waals surface area contributed by atoms with E-state index >= 15 is 0 Å². The molecule has 1 aliphatic heterocycles. The van der Waals surface area contributed by atoms with Crippen LogP contribution in [0.1, 0.15) is 12.5 Å². The highest BCUT2D eigenvalue weighted by molar-refractivity contribution is 8.14. The summed E-state index contributed by atoms with van der Waals surface area (Å²) in [7, 11) is 0. The van der Waals surface area contributed by atoms with Gasteiger partial charge in [-0.15, -0.1) is 0 Å². The maximum Gasteiger partial charge on any atom is 0.295 e. The number of benzene rings is 1. The number of rotatable bonds is 3. The van der Waals surface area contributed by atoms with E-state index in [4.69, 9.17) is 4.74 Å². The highest BCUT2D eigenvalue weighted by Gasteiger charge is 2.33. The second kappa shape index (κ2) is 4.29. The molecular weight excluding hydrogens is 242 g/mol. The van der Waals surface area contributed by atoms with Crippen LogP contribution >= 0.6 is 11.8 Å². The van der Waals surface area contributed by atoms with Crippen molar-refractivity contribution in [2.24, 2.45) is 4.99 Å². The largest absolute Gasteiger partial charge is 0.508 e. The van der Waals surface area contributed by atoms with Crippen molar-refractivity contribution in [2.75, 3.05) is 5.75 Å². The number of carbonyl (C=O) groups is 1. The van der Waals surface area contributed by atoms with Gasteiger partial charge < -0.3 is 14.9 Å². The van der Waals surface area contributed by atoms with Gasteiger partial charge in [-0.25, -0.2) is 4.99 Å². The zero-order valence-electron chi connectivity index (χ0n) is 9.08. The predicted molar refractivity (Wildman–Crippen MR) is 64.3 cm³/mol. The van der Waals surface area contributed by atoms with Crippen molar-refractivity contribution in [2.45, 2.75) is 12.6 Å². The average Bonchev–Trinajstić information content (AvgIpc) is 2.61. The molecule has 0 bridgehead atoms. The van der Waals surface area contributed by atoms with Gasteiger partial charge in [0.2, 0.25) is 5.72 Å². The minimum absolute atomic E-state index is 0.0123. The first kappa shape index (κ1) is 11.8. The van der Waals surface area contributed by atoms with Gasteiger partial charge in [0.15, 0.2) is 0 Å². The zero-order chi connectivity index (χ0) is 12.5. The number of ether oxygens (including phenoxy) is 1. The molecule has 6 heteroatoms. The van der Waals surface area contributed by atoms with E-state index in [1.54, 1.807) is 13.0 Å². The van der Waals surface area contributed by atoms with Crippen LogP contribution in [0.25, 0.3) is 0 Å². The molecule has 2 N–H and O–H groups in total. The zero-order valence-corrected chi connectivity index (χ0v) is 9.90. The lowest BCUT2D eigenvalue weighted by atomic mass is 10.2. The Balaban J connectivity index is 2.33. The summed E-state index contributed by atoms with van der Waals surface area (Å²) in [5, 5.41) is 19.5. The molecule has 1 aromatic rings. The fraction of sp³-hybridized carbons (Fsp3) is 0.273. The van der Waals surface area contributed by atoms with Gasteiger partial charge >= 0.3 is 0 Å². The van der Waals surface area contributed by atoms with E-state index in [9.17, 15) is 15.0 Å². The lowest BCUT2D eigenvalue weighted by Gasteiger charge is -2.16. The first-order chi connectivity index (χ1) is 8.04. The summed E-state index contributed by atoms with van der Waals surface area (Å²) in [6.45, 7) is 2.06. The van der Waals surface area contributed by atoms with Crippen molar-refractivity contribution in [3.05, 3.63) is 23.8 Å². The van der Waals surface area contributed by atoms with Crippen LogP contribution in [0.4, 0.5) is 0 Å². The number of aromatic hydroxyl groups is 2. The van der Waals surface area contributed by atoms with E-state index in [2.05, 4.69) is 4.99 Å². The molecule has 1 atom stereocenters. The quantitative estimate of drug-likeness (QED) is 0.798. The first-order valence-corrected chi connectivity index (χ1v) is 5.89. The lowest BCUT2D eigenvalue weighted by Crippen LogP contribution is -2.25. The second-order valence-corrected chi connectivity index (χ2v) is 4.76. The summed E-state index contributed by atoms with van der Waals surface area (Å²) >= 11 is 1.39. The van der Waals surface area contributed by atoms with E-state index in [0.29, 0.717) is 22.8 Å². The Hall–Kier alpha value is -1.69. The molecule has 0 unspecified atom stereocenters. The monoisotopic (exact) mass is 253 g/mol. The maximum absolute atomic E-state index is 10.3. The Morgan fingerprint density at radius 3 is 2.94 bits per heavy atom. The molecule has 1 heterocycles. The molecule has 0 saturated carbocycles. The van der Waals surface area contributed by atoms with Gasteiger partial charge in [0, 0.05) is 11.6 Å². The standard InChI is InChI=1S/C11H11NO4S/c1-11(16-6-13)5-17-10(12-11)8-3-2-7(14)4-9(8)15/h2-4,6,14-15H,5H2,1H3/t11-/m0/s1. The Labute approximate surface area is 102 Å². The molecule has 0 radical (unpaired) electrons. The van der Waals surface area contributed by atoms with Crippen molar-refractivity contribution in [3.8, 4) is 11.5 Å². The number of hydrogen-bond donors (Lipinski definition) is 2. The Morgan fingerprint density at radius 2 is 2.29 bits per heavy atom. The summed E-state index contributed by atoms with van der Waals surface area (Å²) < 4.78 is 4.89. The van der Waals surface area contributed by atoms with E-state index in [1.807, 2.05) is 0 Å². The van der Waals surface area contributed by atoms with Crippen LogP contribution < -0.4 is 0 Å². The molecule has 0 saturated heterocycles. The topological polar surface area (TPSA) is 79.1 Å². The Bertz CT molecular complexity index is 488. The SMILES string of the molecule is C[C@]1(OC=O)CSC(c2ccc(O)cc2O)=N1. The lowest BCUT2D eigenvalue weighted by molar-refractivity contribution is -0.138. The summed E-state index contributed by atoms with van der Waals surface area (Å²) in [6.07, 6.45) is 0. The van der Waals surface area contributed by atoms with Crippen molar-refractivity contribution in [3.63, 3.8) is 0 Å². The number of nitrogens with zero attached hydrogens (tertiary/aromatic N) is 1. The fourth-order valence-electron chi connectivity index (χ4n) is 1.48. The van der Waals surface area contributed by atoms with Gasteiger partial charge in [-0.1, -0.05) is 11.8 Å². The second-order valence-electron chi connectivity index (χ2n) is 3.80. The highest BCUT2D eigenvalue weighted by atomic mass is 32.2. The molecular formula is C11H11NO4S. The molecule has 5 nitrogen and oxygen atoms in total. The smallest absolute Gasteiger partial charge is 0.295 e. The summed E-state index contributed by atoms with van der Waals surface area (Å²) in [5.41, 5.74) is -0.363. The van der Waals surface area contributed by atoms with Crippen molar-refractivity contribution < 1.29 is 19.7 Å². The van der Waals surface area contributed by atoms with Crippen LogP contribution in [0.2, 0.25) is 0 Å². The first-order valence-electron chi connectivity index (χ1n) is 4.90. The summed E-state index contributed by atoms with van der Waals surface area (Å²) in [4.78, 5) is 14.6. The average molecular weight is 253 g/mol. The molecule has 0 aromatic heterocycles. The maximum atomic E-state index is 10.3. The molecule has 1 aromatic carbocycles. The minimum atomic E-state index is -0.883. The third-order valence-electron chi connectivity index (χ3n) is 2.33. The number of phenols is 2. The number of hydrogen-bond acceptors (Lipinski definition) is 6. The Morgan fingerprint density at radius 1 is 1.53 bits per heavy atom. The molecule has 17 heavy (non-hydrogen) atoms. The molecule has 0 spiro atoms. The predicted octanol–water partition coefficient (Wildman–Crippen LogP) is 1.48. The van der Waals surface area contributed by atoms with Crippen molar-refractivity contribution in [1.82, 2.24) is 0 Å². The van der Waals surface area contributed by atoms with Gasteiger partial charge in [0.1, 0.15) is 16.5 Å². The number of phenolic OH excluding ortho intramolecular Hbond substituents is 2. The van der Waals surface area contributed by atoms with Crippen LogP contribution in [0.5, 0.6) is 11.5 Å². The van der Waals surface area contributed by atoms with Crippen LogP contribution in [-0.2, 0) is 9.53 Å². The van der Waals surface area contributed by atoms with Gasteiger partial charge in [-0.05, 0) is 19.1 Å². The van der Waals surface area contributed by atoms with Gasteiger partial charge in [-0.2, -0.15) is 0 Å². The van der Waals surface area contributed by atoms with Gasteiger partial charge in [0.05, 0.1) is 5.75 Å².